The van der Waals surface area contributed by atoms with E-state index >= 15 is 0 Å². The average Bonchev–Trinajstić information content (AvgIpc) is 3.04. The number of benzene rings is 1. The quantitative estimate of drug-likeness (QED) is 0.937. The molecule has 1 aromatic heterocycles. The van der Waals surface area contributed by atoms with Gasteiger partial charge in [0, 0.05) is 22.0 Å². The summed E-state index contributed by atoms with van der Waals surface area (Å²) in [5.41, 5.74) is 1.43. The summed E-state index contributed by atoms with van der Waals surface area (Å²) in [5.74, 6) is 0.680. The molecule has 1 fully saturated rings. The maximum atomic E-state index is 9.27. The van der Waals surface area contributed by atoms with Crippen molar-refractivity contribution < 1.29 is 19.0 Å². The molecule has 0 saturated carbocycles. The summed E-state index contributed by atoms with van der Waals surface area (Å²) in [6.45, 7) is 1.30. The van der Waals surface area contributed by atoms with Crippen LogP contribution in [0.4, 0.5) is 0 Å². The van der Waals surface area contributed by atoms with E-state index in [1.165, 1.54) is 0 Å². The fraction of sp³-hybridized carbons (Fsp3) is 0.429. The van der Waals surface area contributed by atoms with Gasteiger partial charge in [-0.3, -0.25) is 0 Å². The van der Waals surface area contributed by atoms with E-state index in [4.69, 9.17) is 13.9 Å². The van der Waals surface area contributed by atoms with Gasteiger partial charge in [-0.1, -0.05) is 15.9 Å². The van der Waals surface area contributed by atoms with Crippen molar-refractivity contribution in [2.45, 2.75) is 25.6 Å². The van der Waals surface area contributed by atoms with Gasteiger partial charge in [-0.15, -0.1) is 0 Å². The van der Waals surface area contributed by atoms with Crippen LogP contribution in [0.25, 0.3) is 11.0 Å². The molecule has 0 radical (unpaired) electrons. The normalized spacial score (nSPS) is 19.2. The van der Waals surface area contributed by atoms with Crippen molar-refractivity contribution in [3.05, 3.63) is 28.4 Å². The molecular formula is C14H15BrO4. The molecule has 0 aliphatic carbocycles. The number of aliphatic hydroxyl groups is 1. The Morgan fingerprint density at radius 3 is 3.05 bits per heavy atom. The molecule has 19 heavy (non-hydrogen) atoms. The first-order valence-electron chi connectivity index (χ1n) is 6.33. The van der Waals surface area contributed by atoms with Gasteiger partial charge in [-0.05, 0) is 25.0 Å². The van der Waals surface area contributed by atoms with Crippen LogP contribution in [0, 0.1) is 0 Å². The van der Waals surface area contributed by atoms with Crippen molar-refractivity contribution in [1.82, 2.24) is 0 Å². The van der Waals surface area contributed by atoms with E-state index in [1.54, 1.807) is 6.26 Å². The average molecular weight is 327 g/mol. The summed E-state index contributed by atoms with van der Waals surface area (Å²) in [7, 11) is 0. The molecule has 1 aliphatic heterocycles. The van der Waals surface area contributed by atoms with E-state index in [2.05, 4.69) is 15.9 Å². The highest BCUT2D eigenvalue weighted by Gasteiger charge is 2.18. The number of rotatable bonds is 4. The van der Waals surface area contributed by atoms with E-state index in [0.29, 0.717) is 17.9 Å². The van der Waals surface area contributed by atoms with Crippen molar-refractivity contribution >= 4 is 26.9 Å². The first-order valence-corrected chi connectivity index (χ1v) is 7.12. The molecule has 3 rings (SSSR count). The Labute approximate surface area is 119 Å². The van der Waals surface area contributed by atoms with E-state index in [1.807, 2.05) is 12.1 Å². The fourth-order valence-corrected chi connectivity index (χ4v) is 2.75. The molecule has 0 bridgehead atoms. The molecule has 2 aromatic rings. The number of hydrogen-bond acceptors (Lipinski definition) is 4. The summed E-state index contributed by atoms with van der Waals surface area (Å²) >= 11 is 3.45. The Kier molecular flexibility index (Phi) is 3.77. The van der Waals surface area contributed by atoms with Gasteiger partial charge in [0.2, 0.25) is 0 Å². The number of furan rings is 1. The smallest absolute Gasteiger partial charge is 0.176 e. The van der Waals surface area contributed by atoms with Crippen molar-refractivity contribution in [3.8, 4) is 5.75 Å². The number of fused-ring (bicyclic) bond motifs is 1. The zero-order valence-corrected chi connectivity index (χ0v) is 12.0. The highest BCUT2D eigenvalue weighted by atomic mass is 79.9. The largest absolute Gasteiger partial charge is 0.487 e. The van der Waals surface area contributed by atoms with Gasteiger partial charge in [0.15, 0.2) is 11.3 Å². The lowest BCUT2D eigenvalue weighted by Gasteiger charge is -2.12. The maximum Gasteiger partial charge on any atom is 0.176 e. The molecule has 1 unspecified atom stereocenters. The molecule has 0 spiro atoms. The third-order valence-electron chi connectivity index (χ3n) is 3.30. The lowest BCUT2D eigenvalue weighted by atomic mass is 10.2. The SMILES string of the molecule is OCc1coc2c(OCC3CCCO3)cc(Br)cc12. The van der Waals surface area contributed by atoms with E-state index < -0.39 is 0 Å². The molecule has 4 nitrogen and oxygen atoms in total. The van der Waals surface area contributed by atoms with Gasteiger partial charge < -0.3 is 19.0 Å². The fourth-order valence-electron chi connectivity index (χ4n) is 2.31. The van der Waals surface area contributed by atoms with Gasteiger partial charge in [-0.2, -0.15) is 0 Å². The second-order valence-corrected chi connectivity index (χ2v) is 5.56. The molecular weight excluding hydrogens is 312 g/mol. The molecule has 1 N–H and O–H groups in total. The highest BCUT2D eigenvalue weighted by molar-refractivity contribution is 9.10. The van der Waals surface area contributed by atoms with Crippen LogP contribution >= 0.6 is 15.9 Å². The van der Waals surface area contributed by atoms with Crippen molar-refractivity contribution in [3.63, 3.8) is 0 Å². The monoisotopic (exact) mass is 326 g/mol. The Hall–Kier alpha value is -1.04. The number of hydrogen-bond donors (Lipinski definition) is 1. The third kappa shape index (κ3) is 2.63. The minimum atomic E-state index is -0.0470. The van der Waals surface area contributed by atoms with Gasteiger partial charge in [0.05, 0.1) is 19.0 Å². The number of halogens is 1. The second kappa shape index (κ2) is 5.53. The van der Waals surface area contributed by atoms with Crippen LogP contribution in [0.15, 0.2) is 27.3 Å². The Balaban J connectivity index is 1.87. The molecule has 2 heterocycles. The predicted octanol–water partition coefficient (Wildman–Crippen LogP) is 3.25. The molecule has 1 atom stereocenters. The van der Waals surface area contributed by atoms with Crippen LogP contribution in [-0.2, 0) is 11.3 Å². The topological polar surface area (TPSA) is 51.8 Å². The predicted molar refractivity (Wildman–Crippen MR) is 74.3 cm³/mol. The van der Waals surface area contributed by atoms with Crippen LogP contribution < -0.4 is 4.74 Å². The van der Waals surface area contributed by atoms with Crippen molar-refractivity contribution in [1.29, 1.82) is 0 Å². The highest BCUT2D eigenvalue weighted by Crippen LogP contribution is 2.34. The van der Waals surface area contributed by atoms with E-state index in [0.717, 1.165) is 34.9 Å². The Morgan fingerprint density at radius 2 is 2.32 bits per heavy atom. The van der Waals surface area contributed by atoms with Gasteiger partial charge in [0.1, 0.15) is 6.61 Å². The first kappa shape index (κ1) is 13.0. The molecule has 1 aromatic carbocycles. The minimum Gasteiger partial charge on any atom is -0.487 e. The van der Waals surface area contributed by atoms with Crippen LogP contribution in [0.5, 0.6) is 5.75 Å². The summed E-state index contributed by atoms with van der Waals surface area (Å²) in [6, 6.07) is 3.80. The van der Waals surface area contributed by atoms with Crippen LogP contribution in [0.3, 0.4) is 0 Å². The minimum absolute atomic E-state index is 0.0470. The van der Waals surface area contributed by atoms with Crippen LogP contribution in [-0.4, -0.2) is 24.4 Å². The lowest BCUT2D eigenvalue weighted by Crippen LogP contribution is -2.16. The van der Waals surface area contributed by atoms with Crippen LogP contribution in [0.2, 0.25) is 0 Å². The van der Waals surface area contributed by atoms with Gasteiger partial charge in [-0.25, -0.2) is 0 Å². The molecule has 1 saturated heterocycles. The summed E-state index contributed by atoms with van der Waals surface area (Å²) < 4.78 is 17.7. The molecule has 0 amide bonds. The van der Waals surface area contributed by atoms with Gasteiger partial charge >= 0.3 is 0 Å². The standard InChI is InChI=1S/C14H15BrO4/c15-10-4-12-9(6-16)7-19-14(12)13(5-10)18-8-11-2-1-3-17-11/h4-5,7,11,16H,1-3,6,8H2. The third-order valence-corrected chi connectivity index (χ3v) is 3.76. The molecule has 102 valence electrons. The van der Waals surface area contributed by atoms with Crippen molar-refractivity contribution in [2.24, 2.45) is 0 Å². The van der Waals surface area contributed by atoms with Crippen LogP contribution in [0.1, 0.15) is 18.4 Å². The van der Waals surface area contributed by atoms with Gasteiger partial charge in [0.25, 0.3) is 0 Å². The van der Waals surface area contributed by atoms with E-state index in [-0.39, 0.29) is 12.7 Å². The number of aliphatic hydroxyl groups excluding tert-OH is 1. The molecule has 5 heteroatoms. The van der Waals surface area contributed by atoms with E-state index in [9.17, 15) is 5.11 Å². The summed E-state index contributed by atoms with van der Waals surface area (Å²) in [5, 5.41) is 10.1. The number of ether oxygens (including phenoxy) is 2. The summed E-state index contributed by atoms with van der Waals surface area (Å²) in [4.78, 5) is 0. The molecule has 1 aliphatic rings. The Morgan fingerprint density at radius 1 is 1.42 bits per heavy atom. The summed E-state index contributed by atoms with van der Waals surface area (Å²) in [6.07, 6.45) is 3.87. The zero-order valence-electron chi connectivity index (χ0n) is 10.4. The lowest BCUT2D eigenvalue weighted by molar-refractivity contribution is 0.0681. The Bertz CT molecular complexity index is 572. The maximum absolute atomic E-state index is 9.27. The first-order chi connectivity index (χ1) is 9.28. The zero-order chi connectivity index (χ0) is 13.2. The second-order valence-electron chi connectivity index (χ2n) is 4.65. The van der Waals surface area contributed by atoms with Crippen molar-refractivity contribution in [2.75, 3.05) is 13.2 Å².